The summed E-state index contributed by atoms with van der Waals surface area (Å²) < 4.78 is 19.4. The molecule has 1 N–H and O–H groups in total. The Morgan fingerprint density at radius 3 is 2.68 bits per heavy atom. The van der Waals surface area contributed by atoms with Crippen molar-refractivity contribution in [3.63, 3.8) is 0 Å². The van der Waals surface area contributed by atoms with Gasteiger partial charge in [0.05, 0.1) is 24.6 Å². The Hall–Kier alpha value is -1.81. The number of halogens is 1. The predicted octanol–water partition coefficient (Wildman–Crippen LogP) is 3.50. The van der Waals surface area contributed by atoms with Crippen molar-refractivity contribution in [1.29, 1.82) is 0 Å². The molecule has 0 amide bonds. The van der Waals surface area contributed by atoms with Crippen LogP contribution in [0.2, 0.25) is 0 Å². The zero-order chi connectivity index (χ0) is 13.8. The summed E-state index contributed by atoms with van der Waals surface area (Å²) in [4.78, 5) is 1.89. The Kier molecular flexibility index (Phi) is 4.22. The normalized spacial score (nSPS) is 12.4. The van der Waals surface area contributed by atoms with E-state index in [1.165, 1.54) is 6.07 Å². The van der Waals surface area contributed by atoms with Crippen molar-refractivity contribution in [2.45, 2.75) is 26.5 Å². The van der Waals surface area contributed by atoms with E-state index in [9.17, 15) is 9.50 Å². The van der Waals surface area contributed by atoms with Crippen LogP contribution in [0.3, 0.4) is 0 Å². The summed E-state index contributed by atoms with van der Waals surface area (Å²) in [7, 11) is 0. The second-order valence-corrected chi connectivity index (χ2v) is 4.48. The fourth-order valence-electron chi connectivity index (χ4n) is 2.00. The lowest BCUT2D eigenvalue weighted by molar-refractivity contribution is 0.199. The minimum absolute atomic E-state index is 0.327. The second kappa shape index (κ2) is 5.89. The smallest absolute Gasteiger partial charge is 0.146 e. The van der Waals surface area contributed by atoms with Crippen LogP contribution < -0.4 is 4.90 Å². The first-order valence-corrected chi connectivity index (χ1v) is 6.36. The van der Waals surface area contributed by atoms with Crippen molar-refractivity contribution in [3.05, 3.63) is 53.7 Å². The van der Waals surface area contributed by atoms with Gasteiger partial charge >= 0.3 is 0 Å². The molecular weight excluding hydrogens is 245 g/mol. The molecule has 0 spiro atoms. The van der Waals surface area contributed by atoms with Gasteiger partial charge in [-0.2, -0.15) is 0 Å². The monoisotopic (exact) mass is 263 g/mol. The summed E-state index contributed by atoms with van der Waals surface area (Å²) in [5.41, 5.74) is 1.10. The number of furan rings is 1. The maximum absolute atomic E-state index is 14.1. The molecule has 4 heteroatoms. The van der Waals surface area contributed by atoms with E-state index in [-0.39, 0.29) is 5.82 Å². The fourth-order valence-corrected chi connectivity index (χ4v) is 2.00. The third kappa shape index (κ3) is 3.15. The topological polar surface area (TPSA) is 36.6 Å². The molecule has 0 aliphatic carbocycles. The Morgan fingerprint density at radius 2 is 2.16 bits per heavy atom. The average molecular weight is 263 g/mol. The largest absolute Gasteiger partial charge is 0.467 e. The van der Waals surface area contributed by atoms with E-state index in [2.05, 4.69) is 0 Å². The summed E-state index contributed by atoms with van der Waals surface area (Å²) in [6, 6.07) is 8.50. The van der Waals surface area contributed by atoms with Gasteiger partial charge in [0, 0.05) is 6.54 Å². The molecular formula is C15H18FNO2. The highest BCUT2D eigenvalue weighted by Gasteiger charge is 2.13. The van der Waals surface area contributed by atoms with Crippen molar-refractivity contribution in [1.82, 2.24) is 0 Å². The van der Waals surface area contributed by atoms with Crippen LogP contribution in [0.5, 0.6) is 0 Å². The lowest BCUT2D eigenvalue weighted by atomic mass is 10.1. The Morgan fingerprint density at radius 1 is 1.37 bits per heavy atom. The van der Waals surface area contributed by atoms with Gasteiger partial charge in [-0.05, 0) is 43.7 Å². The summed E-state index contributed by atoms with van der Waals surface area (Å²) >= 11 is 0. The predicted molar refractivity (Wildman–Crippen MR) is 72.5 cm³/mol. The van der Waals surface area contributed by atoms with Crippen LogP contribution >= 0.6 is 0 Å². The van der Waals surface area contributed by atoms with Crippen molar-refractivity contribution in [3.8, 4) is 0 Å². The molecule has 3 nitrogen and oxygen atoms in total. The van der Waals surface area contributed by atoms with E-state index < -0.39 is 6.10 Å². The van der Waals surface area contributed by atoms with Gasteiger partial charge in [-0.15, -0.1) is 0 Å². The average Bonchev–Trinajstić information content (AvgIpc) is 2.89. The van der Waals surface area contributed by atoms with Gasteiger partial charge < -0.3 is 14.4 Å². The van der Waals surface area contributed by atoms with Crippen molar-refractivity contribution >= 4 is 5.69 Å². The van der Waals surface area contributed by atoms with E-state index in [0.717, 1.165) is 5.76 Å². The van der Waals surface area contributed by atoms with Crippen LogP contribution in [0.1, 0.15) is 31.3 Å². The molecule has 1 heterocycles. The van der Waals surface area contributed by atoms with Gasteiger partial charge in [0.25, 0.3) is 0 Å². The molecule has 0 radical (unpaired) electrons. The zero-order valence-corrected chi connectivity index (χ0v) is 11.1. The van der Waals surface area contributed by atoms with E-state index in [4.69, 9.17) is 4.42 Å². The number of nitrogens with zero attached hydrogens (tertiary/aromatic N) is 1. The van der Waals surface area contributed by atoms with E-state index in [1.807, 2.05) is 24.0 Å². The van der Waals surface area contributed by atoms with Gasteiger partial charge in [-0.25, -0.2) is 4.39 Å². The molecule has 1 aromatic heterocycles. The van der Waals surface area contributed by atoms with Crippen LogP contribution in [0.25, 0.3) is 0 Å². The number of benzene rings is 1. The molecule has 2 aromatic rings. The summed E-state index contributed by atoms with van der Waals surface area (Å²) in [6.45, 7) is 4.78. The summed E-state index contributed by atoms with van der Waals surface area (Å²) in [5, 5.41) is 9.45. The second-order valence-electron chi connectivity index (χ2n) is 4.48. The van der Waals surface area contributed by atoms with Gasteiger partial charge in [0.1, 0.15) is 11.6 Å². The first kappa shape index (κ1) is 13.6. The number of aliphatic hydroxyl groups excluding tert-OH is 1. The molecule has 1 atom stereocenters. The molecule has 0 bridgehead atoms. The molecule has 0 saturated heterocycles. The minimum Gasteiger partial charge on any atom is -0.467 e. The summed E-state index contributed by atoms with van der Waals surface area (Å²) in [6.07, 6.45) is 0.944. The van der Waals surface area contributed by atoms with Gasteiger partial charge in [0.2, 0.25) is 0 Å². The number of hydrogen-bond donors (Lipinski definition) is 1. The lowest BCUT2D eigenvalue weighted by Gasteiger charge is -2.23. The van der Waals surface area contributed by atoms with Crippen LogP contribution in [0, 0.1) is 5.82 Å². The quantitative estimate of drug-likeness (QED) is 0.897. The molecule has 0 aliphatic heterocycles. The molecule has 19 heavy (non-hydrogen) atoms. The maximum Gasteiger partial charge on any atom is 0.146 e. The molecule has 2 rings (SSSR count). The highest BCUT2D eigenvalue weighted by molar-refractivity contribution is 5.49. The zero-order valence-electron chi connectivity index (χ0n) is 11.1. The van der Waals surface area contributed by atoms with Crippen LogP contribution in [-0.2, 0) is 6.54 Å². The van der Waals surface area contributed by atoms with Crippen molar-refractivity contribution in [2.24, 2.45) is 0 Å². The number of anilines is 1. The highest BCUT2D eigenvalue weighted by Crippen LogP contribution is 2.24. The molecule has 0 saturated carbocycles. The first-order chi connectivity index (χ1) is 9.11. The van der Waals surface area contributed by atoms with Crippen LogP contribution in [-0.4, -0.2) is 11.7 Å². The Labute approximate surface area is 112 Å². The molecule has 0 aliphatic rings. The van der Waals surface area contributed by atoms with E-state index >= 15 is 0 Å². The molecule has 1 aromatic carbocycles. The maximum atomic E-state index is 14.1. The number of aliphatic hydroxyl groups is 1. The van der Waals surface area contributed by atoms with Gasteiger partial charge in [0.15, 0.2) is 0 Å². The van der Waals surface area contributed by atoms with Crippen molar-refractivity contribution in [2.75, 3.05) is 11.4 Å². The lowest BCUT2D eigenvalue weighted by Crippen LogP contribution is -2.22. The third-order valence-corrected chi connectivity index (χ3v) is 3.10. The molecule has 0 unspecified atom stereocenters. The Bertz CT molecular complexity index is 523. The van der Waals surface area contributed by atoms with Crippen LogP contribution in [0.15, 0.2) is 41.0 Å². The Balaban J connectivity index is 2.23. The number of rotatable bonds is 5. The van der Waals surface area contributed by atoms with Gasteiger partial charge in [-0.1, -0.05) is 6.07 Å². The fraction of sp³-hybridized carbons (Fsp3) is 0.333. The molecule has 102 valence electrons. The van der Waals surface area contributed by atoms with Crippen molar-refractivity contribution < 1.29 is 13.9 Å². The highest BCUT2D eigenvalue weighted by atomic mass is 19.1. The molecule has 0 fully saturated rings. The summed E-state index contributed by atoms with van der Waals surface area (Å²) in [5.74, 6) is 0.465. The van der Waals surface area contributed by atoms with Gasteiger partial charge in [-0.3, -0.25) is 0 Å². The van der Waals surface area contributed by atoms with E-state index in [0.29, 0.717) is 24.3 Å². The first-order valence-electron chi connectivity index (χ1n) is 6.36. The third-order valence-electron chi connectivity index (χ3n) is 3.10. The SMILES string of the molecule is CCN(Cc1ccco1)c1ccc([C@H](C)O)cc1F. The van der Waals surface area contributed by atoms with Crippen LogP contribution in [0.4, 0.5) is 10.1 Å². The minimum atomic E-state index is -0.663. The number of hydrogen-bond acceptors (Lipinski definition) is 3. The standard InChI is InChI=1S/C15H18FNO2/c1-3-17(10-13-5-4-8-19-13)15-7-6-12(11(2)18)9-14(15)16/h4-9,11,18H,3,10H2,1-2H3/t11-/m0/s1. The van der Waals surface area contributed by atoms with E-state index in [1.54, 1.807) is 25.3 Å².